The molecule has 1 N–H and O–H groups in total. The maximum Gasteiger partial charge on any atom is 0.251 e. The Labute approximate surface area is 137 Å². The molecule has 0 fully saturated rings. The molecule has 0 atom stereocenters. The van der Waals surface area contributed by atoms with E-state index in [9.17, 15) is 4.79 Å². The van der Waals surface area contributed by atoms with E-state index in [2.05, 4.69) is 30.8 Å². The van der Waals surface area contributed by atoms with E-state index in [1.165, 1.54) is 0 Å². The standard InChI is InChI=1S/C17H16BrN3O/c1-12-20-15-7-2-3-8-16(15)21(12)10-9-19-17(22)13-5-4-6-14(18)11-13/h2-8,11H,9-10H2,1H3,(H,19,22). The zero-order chi connectivity index (χ0) is 15.5. The minimum absolute atomic E-state index is 0.0663. The van der Waals surface area contributed by atoms with Crippen molar-refractivity contribution in [2.45, 2.75) is 13.5 Å². The van der Waals surface area contributed by atoms with Crippen molar-refractivity contribution in [3.63, 3.8) is 0 Å². The summed E-state index contributed by atoms with van der Waals surface area (Å²) in [7, 11) is 0. The molecule has 1 amide bonds. The molecule has 112 valence electrons. The number of hydrogen-bond acceptors (Lipinski definition) is 2. The maximum absolute atomic E-state index is 12.1. The van der Waals surface area contributed by atoms with Crippen molar-refractivity contribution in [1.29, 1.82) is 0 Å². The summed E-state index contributed by atoms with van der Waals surface area (Å²) in [4.78, 5) is 16.6. The molecule has 0 saturated heterocycles. The lowest BCUT2D eigenvalue weighted by Crippen LogP contribution is -2.27. The summed E-state index contributed by atoms with van der Waals surface area (Å²) < 4.78 is 3.02. The molecule has 0 radical (unpaired) electrons. The van der Waals surface area contributed by atoms with E-state index in [4.69, 9.17) is 0 Å². The highest BCUT2D eigenvalue weighted by Gasteiger charge is 2.08. The molecule has 1 heterocycles. The molecule has 0 spiro atoms. The second kappa shape index (κ2) is 6.32. The number of hydrogen-bond donors (Lipinski definition) is 1. The molecule has 0 aliphatic rings. The van der Waals surface area contributed by atoms with Gasteiger partial charge < -0.3 is 9.88 Å². The molecular weight excluding hydrogens is 342 g/mol. The summed E-state index contributed by atoms with van der Waals surface area (Å²) in [5.74, 6) is 0.890. The number of fused-ring (bicyclic) bond motifs is 1. The SMILES string of the molecule is Cc1nc2ccccc2n1CCNC(=O)c1cccc(Br)c1. The lowest BCUT2D eigenvalue weighted by molar-refractivity contribution is 0.0952. The minimum atomic E-state index is -0.0663. The molecule has 3 rings (SSSR count). The number of amides is 1. The van der Waals surface area contributed by atoms with E-state index in [0.29, 0.717) is 18.7 Å². The van der Waals surface area contributed by atoms with Crippen molar-refractivity contribution in [2.24, 2.45) is 0 Å². The number of carbonyl (C=O) groups is 1. The van der Waals surface area contributed by atoms with Crippen LogP contribution in [-0.4, -0.2) is 22.0 Å². The van der Waals surface area contributed by atoms with Gasteiger partial charge in [0.25, 0.3) is 5.91 Å². The third kappa shape index (κ3) is 3.04. The van der Waals surface area contributed by atoms with Crippen molar-refractivity contribution in [2.75, 3.05) is 6.54 Å². The monoisotopic (exact) mass is 357 g/mol. The Morgan fingerprint density at radius 3 is 2.86 bits per heavy atom. The largest absolute Gasteiger partial charge is 0.350 e. The predicted molar refractivity (Wildman–Crippen MR) is 90.9 cm³/mol. The number of benzene rings is 2. The smallest absolute Gasteiger partial charge is 0.251 e. The number of nitrogens with zero attached hydrogens (tertiary/aromatic N) is 2. The Morgan fingerprint density at radius 2 is 2.05 bits per heavy atom. The van der Waals surface area contributed by atoms with Crippen LogP contribution in [0.1, 0.15) is 16.2 Å². The van der Waals surface area contributed by atoms with Crippen LogP contribution in [0.4, 0.5) is 0 Å². The first kappa shape index (κ1) is 14.8. The molecule has 0 bridgehead atoms. The van der Waals surface area contributed by atoms with E-state index in [-0.39, 0.29) is 5.91 Å². The van der Waals surface area contributed by atoms with Crippen LogP contribution in [0.25, 0.3) is 11.0 Å². The molecular formula is C17H16BrN3O. The fourth-order valence-electron chi connectivity index (χ4n) is 2.49. The number of para-hydroxylation sites is 2. The van der Waals surface area contributed by atoms with E-state index < -0.39 is 0 Å². The fraction of sp³-hybridized carbons (Fsp3) is 0.176. The molecule has 4 nitrogen and oxygen atoms in total. The van der Waals surface area contributed by atoms with Crippen LogP contribution >= 0.6 is 15.9 Å². The number of aryl methyl sites for hydroxylation is 1. The number of imidazole rings is 1. The van der Waals surface area contributed by atoms with Crippen molar-refractivity contribution in [3.05, 3.63) is 64.4 Å². The van der Waals surface area contributed by atoms with Crippen LogP contribution < -0.4 is 5.32 Å². The molecule has 0 aliphatic carbocycles. The number of aromatic nitrogens is 2. The first-order valence-electron chi connectivity index (χ1n) is 7.11. The molecule has 5 heteroatoms. The Balaban J connectivity index is 1.67. The average molecular weight is 358 g/mol. The van der Waals surface area contributed by atoms with Crippen LogP contribution in [-0.2, 0) is 6.54 Å². The highest BCUT2D eigenvalue weighted by atomic mass is 79.9. The normalized spacial score (nSPS) is 10.8. The van der Waals surface area contributed by atoms with Gasteiger partial charge in [0.1, 0.15) is 5.82 Å². The fourth-order valence-corrected chi connectivity index (χ4v) is 2.89. The van der Waals surface area contributed by atoms with Gasteiger partial charge >= 0.3 is 0 Å². The van der Waals surface area contributed by atoms with Crippen LogP contribution in [0, 0.1) is 6.92 Å². The third-order valence-electron chi connectivity index (χ3n) is 3.55. The van der Waals surface area contributed by atoms with Gasteiger partial charge in [0.2, 0.25) is 0 Å². The summed E-state index contributed by atoms with van der Waals surface area (Å²) in [6, 6.07) is 15.4. The Kier molecular flexibility index (Phi) is 4.24. The van der Waals surface area contributed by atoms with Gasteiger partial charge in [-0.2, -0.15) is 0 Å². The first-order valence-corrected chi connectivity index (χ1v) is 7.90. The summed E-state index contributed by atoms with van der Waals surface area (Å²) in [6.07, 6.45) is 0. The Hall–Kier alpha value is -2.14. The van der Waals surface area contributed by atoms with Crippen LogP contribution in [0.2, 0.25) is 0 Å². The van der Waals surface area contributed by atoms with E-state index in [1.54, 1.807) is 6.07 Å². The topological polar surface area (TPSA) is 46.9 Å². The van der Waals surface area contributed by atoms with Crippen LogP contribution in [0.5, 0.6) is 0 Å². The second-order valence-electron chi connectivity index (χ2n) is 5.07. The number of nitrogens with one attached hydrogen (secondary N) is 1. The van der Waals surface area contributed by atoms with Gasteiger partial charge in [0, 0.05) is 23.1 Å². The second-order valence-corrected chi connectivity index (χ2v) is 5.98. The van der Waals surface area contributed by atoms with Crippen molar-refractivity contribution < 1.29 is 4.79 Å². The van der Waals surface area contributed by atoms with E-state index in [1.807, 2.05) is 49.4 Å². The van der Waals surface area contributed by atoms with Gasteiger partial charge in [-0.25, -0.2) is 4.98 Å². The lowest BCUT2D eigenvalue weighted by Gasteiger charge is -2.09. The van der Waals surface area contributed by atoms with Gasteiger partial charge in [-0.1, -0.05) is 34.1 Å². The zero-order valence-corrected chi connectivity index (χ0v) is 13.8. The van der Waals surface area contributed by atoms with Gasteiger partial charge in [-0.3, -0.25) is 4.79 Å². The number of halogens is 1. The van der Waals surface area contributed by atoms with Crippen LogP contribution in [0.3, 0.4) is 0 Å². The lowest BCUT2D eigenvalue weighted by atomic mass is 10.2. The molecule has 1 aromatic heterocycles. The Morgan fingerprint density at radius 1 is 1.23 bits per heavy atom. The van der Waals surface area contributed by atoms with Crippen LogP contribution in [0.15, 0.2) is 53.0 Å². The van der Waals surface area contributed by atoms with Gasteiger partial charge in [-0.15, -0.1) is 0 Å². The Bertz CT molecular complexity index is 826. The molecule has 22 heavy (non-hydrogen) atoms. The quantitative estimate of drug-likeness (QED) is 0.776. The summed E-state index contributed by atoms with van der Waals surface area (Å²) in [6.45, 7) is 3.24. The highest BCUT2D eigenvalue weighted by molar-refractivity contribution is 9.10. The van der Waals surface area contributed by atoms with E-state index in [0.717, 1.165) is 21.3 Å². The van der Waals surface area contributed by atoms with Gasteiger partial charge in [0.15, 0.2) is 0 Å². The minimum Gasteiger partial charge on any atom is -0.350 e. The number of rotatable bonds is 4. The zero-order valence-electron chi connectivity index (χ0n) is 12.2. The average Bonchev–Trinajstić information content (AvgIpc) is 2.83. The molecule has 0 saturated carbocycles. The summed E-state index contributed by atoms with van der Waals surface area (Å²) in [5.41, 5.74) is 2.73. The van der Waals surface area contributed by atoms with Crippen molar-refractivity contribution in [3.8, 4) is 0 Å². The van der Waals surface area contributed by atoms with Crippen molar-refractivity contribution in [1.82, 2.24) is 14.9 Å². The third-order valence-corrected chi connectivity index (χ3v) is 4.05. The van der Waals surface area contributed by atoms with Gasteiger partial charge in [-0.05, 0) is 37.3 Å². The van der Waals surface area contributed by atoms with Gasteiger partial charge in [0.05, 0.1) is 11.0 Å². The maximum atomic E-state index is 12.1. The molecule has 0 aliphatic heterocycles. The van der Waals surface area contributed by atoms with Crippen molar-refractivity contribution >= 4 is 32.9 Å². The first-order chi connectivity index (χ1) is 10.6. The number of carbonyl (C=O) groups excluding carboxylic acids is 1. The molecule has 2 aromatic carbocycles. The summed E-state index contributed by atoms with van der Waals surface area (Å²) >= 11 is 3.37. The highest BCUT2D eigenvalue weighted by Crippen LogP contribution is 2.15. The predicted octanol–water partition coefficient (Wildman–Crippen LogP) is 3.54. The van der Waals surface area contributed by atoms with E-state index >= 15 is 0 Å². The summed E-state index contributed by atoms with van der Waals surface area (Å²) in [5, 5.41) is 2.95. The molecule has 0 unspecified atom stereocenters. The molecule has 3 aromatic rings.